The van der Waals surface area contributed by atoms with Crippen molar-refractivity contribution in [2.45, 2.75) is 18.0 Å². The number of carbonyl (C=O) groups excluding carboxylic acids is 1. The molecule has 1 aromatic heterocycles. The Morgan fingerprint density at radius 3 is 2.92 bits per heavy atom. The molecule has 1 N–H and O–H groups in total. The van der Waals surface area contributed by atoms with Gasteiger partial charge in [0.2, 0.25) is 5.91 Å². The van der Waals surface area contributed by atoms with Crippen molar-refractivity contribution in [2.75, 3.05) is 22.6 Å². The molecule has 0 radical (unpaired) electrons. The van der Waals surface area contributed by atoms with Gasteiger partial charge in [-0.15, -0.1) is 10.2 Å². The van der Waals surface area contributed by atoms with Gasteiger partial charge in [0.1, 0.15) is 11.6 Å². The molecule has 1 fully saturated rings. The summed E-state index contributed by atoms with van der Waals surface area (Å²) in [5.41, 5.74) is 0.400. The molecule has 1 aliphatic heterocycles. The van der Waals surface area contributed by atoms with Crippen LogP contribution in [0.4, 0.5) is 10.1 Å². The van der Waals surface area contributed by atoms with Gasteiger partial charge in [0.15, 0.2) is 15.0 Å². The van der Waals surface area contributed by atoms with Crippen LogP contribution in [0.3, 0.4) is 0 Å². The van der Waals surface area contributed by atoms with Crippen LogP contribution in [-0.4, -0.2) is 46.3 Å². The minimum Gasteiger partial charge on any atom is -0.325 e. The predicted octanol–water partition coefficient (Wildman–Crippen LogP) is 1.66. The fraction of sp³-hybridized carbons (Fsp3) is 0.438. The highest BCUT2D eigenvalue weighted by molar-refractivity contribution is 7.99. The first-order valence-electron chi connectivity index (χ1n) is 8.09. The van der Waals surface area contributed by atoms with Crippen molar-refractivity contribution in [3.63, 3.8) is 0 Å². The quantitative estimate of drug-likeness (QED) is 0.744. The van der Waals surface area contributed by atoms with Crippen LogP contribution in [0.1, 0.15) is 12.2 Å². The van der Waals surface area contributed by atoms with Gasteiger partial charge < -0.3 is 9.88 Å². The Labute approximate surface area is 155 Å². The van der Waals surface area contributed by atoms with Crippen LogP contribution in [0, 0.1) is 11.7 Å². The third kappa shape index (κ3) is 4.82. The van der Waals surface area contributed by atoms with Crippen molar-refractivity contribution in [1.29, 1.82) is 0 Å². The highest BCUT2D eigenvalue weighted by atomic mass is 32.2. The number of halogens is 1. The van der Waals surface area contributed by atoms with Crippen LogP contribution >= 0.6 is 11.8 Å². The number of benzene rings is 1. The Balaban J connectivity index is 1.54. The molecule has 2 aromatic rings. The largest absolute Gasteiger partial charge is 0.325 e. The Kier molecular flexibility index (Phi) is 5.61. The lowest BCUT2D eigenvalue weighted by atomic mass is 10.1. The maximum absolute atomic E-state index is 13.1. The van der Waals surface area contributed by atoms with Crippen LogP contribution in [0.15, 0.2) is 29.4 Å². The molecule has 10 heteroatoms. The molecule has 3 rings (SSSR count). The van der Waals surface area contributed by atoms with Crippen LogP contribution in [-0.2, 0) is 28.1 Å². The highest BCUT2D eigenvalue weighted by Crippen LogP contribution is 2.23. The smallest absolute Gasteiger partial charge is 0.234 e. The number of anilines is 1. The van der Waals surface area contributed by atoms with Crippen LogP contribution in [0.25, 0.3) is 0 Å². The van der Waals surface area contributed by atoms with Crippen molar-refractivity contribution in [3.8, 4) is 0 Å². The first-order valence-corrected chi connectivity index (χ1v) is 10.9. The van der Waals surface area contributed by atoms with Crippen LogP contribution in [0.5, 0.6) is 0 Å². The Morgan fingerprint density at radius 1 is 1.42 bits per heavy atom. The van der Waals surface area contributed by atoms with E-state index in [4.69, 9.17) is 0 Å². The van der Waals surface area contributed by atoms with Gasteiger partial charge >= 0.3 is 0 Å². The van der Waals surface area contributed by atoms with E-state index in [0.29, 0.717) is 29.5 Å². The third-order valence-corrected chi connectivity index (χ3v) is 7.02. The molecule has 140 valence electrons. The highest BCUT2D eigenvalue weighted by Gasteiger charge is 2.29. The number of thioether (sulfide) groups is 1. The Bertz CT molecular complexity index is 914. The number of nitrogens with one attached hydrogen (secondary N) is 1. The Hall–Kier alpha value is -1.94. The second kappa shape index (κ2) is 7.75. The standard InChI is InChI=1S/C16H19FN4O3S2/c1-21-14(7-11-5-6-26(23,24)10-11)19-20-16(21)25-9-15(22)18-13-4-2-3-12(17)8-13/h2-4,8,11H,5-7,9-10H2,1H3,(H,18,22)/t11-/m1/s1. The summed E-state index contributed by atoms with van der Waals surface area (Å²) in [6.45, 7) is 0. The summed E-state index contributed by atoms with van der Waals surface area (Å²) < 4.78 is 38.0. The summed E-state index contributed by atoms with van der Waals surface area (Å²) in [6, 6.07) is 5.69. The van der Waals surface area contributed by atoms with Gasteiger partial charge in [0.25, 0.3) is 0 Å². The first-order chi connectivity index (χ1) is 12.3. The van der Waals surface area contributed by atoms with E-state index < -0.39 is 15.7 Å². The zero-order valence-corrected chi connectivity index (χ0v) is 15.8. The van der Waals surface area contributed by atoms with Gasteiger partial charge in [-0.25, -0.2) is 12.8 Å². The van der Waals surface area contributed by atoms with Gasteiger partial charge in [0, 0.05) is 19.2 Å². The molecule has 0 aliphatic carbocycles. The monoisotopic (exact) mass is 398 g/mol. The average Bonchev–Trinajstić information content (AvgIpc) is 3.08. The van der Waals surface area contributed by atoms with Crippen LogP contribution in [0.2, 0.25) is 0 Å². The summed E-state index contributed by atoms with van der Waals surface area (Å²) >= 11 is 1.22. The van der Waals surface area contributed by atoms with E-state index in [1.54, 1.807) is 17.7 Å². The molecule has 0 spiro atoms. The van der Waals surface area contributed by atoms with Crippen molar-refractivity contribution in [2.24, 2.45) is 13.0 Å². The van der Waals surface area contributed by atoms with E-state index in [1.165, 1.54) is 30.0 Å². The number of rotatable bonds is 6. The molecular weight excluding hydrogens is 379 g/mol. The molecule has 1 aromatic carbocycles. The minimum atomic E-state index is -2.92. The summed E-state index contributed by atoms with van der Waals surface area (Å²) in [5, 5.41) is 11.4. The summed E-state index contributed by atoms with van der Waals surface area (Å²) in [5.74, 6) is 0.627. The number of amides is 1. The van der Waals surface area contributed by atoms with Crippen molar-refractivity contribution < 1.29 is 17.6 Å². The molecule has 1 saturated heterocycles. The number of nitrogens with zero attached hydrogens (tertiary/aromatic N) is 3. The first kappa shape index (κ1) is 18.8. The van der Waals surface area contributed by atoms with E-state index in [1.807, 2.05) is 0 Å². The average molecular weight is 398 g/mol. The summed E-state index contributed by atoms with van der Waals surface area (Å²) in [4.78, 5) is 12.0. The molecule has 0 saturated carbocycles. The second-order valence-corrected chi connectivity index (χ2v) is 9.45. The number of aromatic nitrogens is 3. The lowest BCUT2D eigenvalue weighted by molar-refractivity contribution is -0.113. The van der Waals surface area contributed by atoms with Gasteiger partial charge in [-0.3, -0.25) is 4.79 Å². The summed E-state index contributed by atoms with van der Waals surface area (Å²) in [6.07, 6.45) is 1.20. The molecule has 1 aliphatic rings. The van der Waals surface area contributed by atoms with Gasteiger partial charge in [0.05, 0.1) is 17.3 Å². The SMILES string of the molecule is Cn1c(C[C@H]2CCS(=O)(=O)C2)nnc1SCC(=O)Nc1cccc(F)c1. The fourth-order valence-corrected chi connectivity index (χ4v) is 5.42. The second-order valence-electron chi connectivity index (χ2n) is 6.28. The normalized spacial score (nSPS) is 18.8. The van der Waals surface area contributed by atoms with E-state index in [2.05, 4.69) is 15.5 Å². The molecule has 0 bridgehead atoms. The van der Waals surface area contributed by atoms with Gasteiger partial charge in [-0.1, -0.05) is 17.8 Å². The molecule has 0 unspecified atom stereocenters. The topological polar surface area (TPSA) is 93.9 Å². The third-order valence-electron chi connectivity index (χ3n) is 4.16. The maximum Gasteiger partial charge on any atom is 0.234 e. The fourth-order valence-electron chi connectivity index (χ4n) is 2.83. The number of hydrogen-bond donors (Lipinski definition) is 1. The molecular formula is C16H19FN4O3S2. The zero-order chi connectivity index (χ0) is 18.7. The molecule has 7 nitrogen and oxygen atoms in total. The molecule has 2 heterocycles. The summed E-state index contributed by atoms with van der Waals surface area (Å²) in [7, 11) is -1.12. The Morgan fingerprint density at radius 2 is 2.23 bits per heavy atom. The van der Waals surface area contributed by atoms with Crippen molar-refractivity contribution in [1.82, 2.24) is 14.8 Å². The number of carbonyl (C=O) groups is 1. The van der Waals surface area contributed by atoms with E-state index >= 15 is 0 Å². The van der Waals surface area contributed by atoms with Gasteiger partial charge in [-0.2, -0.15) is 0 Å². The molecule has 1 amide bonds. The van der Waals surface area contributed by atoms with Gasteiger partial charge in [-0.05, 0) is 30.5 Å². The van der Waals surface area contributed by atoms with E-state index in [9.17, 15) is 17.6 Å². The number of sulfone groups is 1. The predicted molar refractivity (Wildman–Crippen MR) is 97.2 cm³/mol. The molecule has 26 heavy (non-hydrogen) atoms. The van der Waals surface area contributed by atoms with Crippen molar-refractivity contribution in [3.05, 3.63) is 35.9 Å². The van der Waals surface area contributed by atoms with E-state index in [0.717, 1.165) is 0 Å². The zero-order valence-electron chi connectivity index (χ0n) is 14.2. The van der Waals surface area contributed by atoms with Crippen molar-refractivity contribution >= 4 is 33.2 Å². The lowest BCUT2D eigenvalue weighted by Crippen LogP contribution is -2.15. The van der Waals surface area contributed by atoms with Crippen LogP contribution < -0.4 is 5.32 Å². The lowest BCUT2D eigenvalue weighted by Gasteiger charge is -2.08. The van der Waals surface area contributed by atoms with E-state index in [-0.39, 0.29) is 29.1 Å². The minimum absolute atomic E-state index is 0.0667. The maximum atomic E-state index is 13.1. The number of hydrogen-bond acceptors (Lipinski definition) is 6. The molecule has 1 atom stereocenters.